The maximum atomic E-state index is 13.5. The van der Waals surface area contributed by atoms with Crippen LogP contribution in [0.4, 0.5) is 4.39 Å². The first-order valence-corrected chi connectivity index (χ1v) is 12.3. The van der Waals surface area contributed by atoms with E-state index in [4.69, 9.17) is 17.2 Å². The highest BCUT2D eigenvalue weighted by Crippen LogP contribution is 2.18. The molecule has 0 aliphatic carbocycles. The number of primary amides is 2. The molecular weight excluding hydrogens is 493 g/mol. The van der Waals surface area contributed by atoms with Gasteiger partial charge in [-0.25, -0.2) is 4.39 Å². The lowest BCUT2D eigenvalue weighted by Crippen LogP contribution is -2.49. The van der Waals surface area contributed by atoms with Crippen molar-refractivity contribution in [2.24, 2.45) is 23.1 Å². The number of hydrogen-bond donors (Lipinski definition) is 5. The fraction of sp³-hybridized carbons (Fsp3) is 0.370. The smallest absolute Gasteiger partial charge is 0.251 e. The Hall–Kier alpha value is -4.12. The molecule has 2 aromatic rings. The fourth-order valence-electron chi connectivity index (χ4n) is 3.90. The highest BCUT2D eigenvalue weighted by Gasteiger charge is 2.30. The predicted octanol–water partition coefficient (Wildman–Crippen LogP) is 0.717. The molecule has 0 saturated heterocycles. The van der Waals surface area contributed by atoms with Gasteiger partial charge < -0.3 is 27.8 Å². The quantitative estimate of drug-likeness (QED) is 0.200. The molecule has 0 aliphatic rings. The van der Waals surface area contributed by atoms with Gasteiger partial charge in [-0.3, -0.25) is 24.0 Å². The van der Waals surface area contributed by atoms with Crippen molar-refractivity contribution in [3.63, 3.8) is 0 Å². The molecule has 8 N–H and O–H groups in total. The van der Waals surface area contributed by atoms with Crippen LogP contribution in [0.15, 0.2) is 54.6 Å². The molecule has 204 valence electrons. The van der Waals surface area contributed by atoms with Gasteiger partial charge >= 0.3 is 0 Å². The third kappa shape index (κ3) is 10.1. The number of hydrogen-bond acceptors (Lipinski definition) is 6. The summed E-state index contributed by atoms with van der Waals surface area (Å²) in [7, 11) is 0. The molecule has 10 nitrogen and oxygen atoms in total. The molecule has 0 spiro atoms. The summed E-state index contributed by atoms with van der Waals surface area (Å²) in [6, 6.07) is 11.6. The largest absolute Gasteiger partial charge is 0.370 e. The Morgan fingerprint density at radius 1 is 0.816 bits per heavy atom. The van der Waals surface area contributed by atoms with Gasteiger partial charge in [-0.05, 0) is 55.6 Å². The van der Waals surface area contributed by atoms with Crippen LogP contribution in [0.5, 0.6) is 0 Å². The summed E-state index contributed by atoms with van der Waals surface area (Å²) < 4.78 is 13.3. The lowest BCUT2D eigenvalue weighted by molar-refractivity contribution is -0.133. The van der Waals surface area contributed by atoms with Crippen LogP contribution in [0.25, 0.3) is 0 Å². The third-order valence-corrected chi connectivity index (χ3v) is 5.97. The van der Waals surface area contributed by atoms with E-state index in [0.717, 1.165) is 17.7 Å². The normalized spacial score (nSPS) is 13.1. The Bertz CT molecular complexity index is 1110. The minimum atomic E-state index is -1.31. The number of Topliss-reactive ketones (excluding diaryl/α,β-unsaturated/α-hetero) is 1. The van der Waals surface area contributed by atoms with Gasteiger partial charge in [-0.15, -0.1) is 0 Å². The van der Waals surface area contributed by atoms with Crippen molar-refractivity contribution < 1.29 is 28.4 Å². The summed E-state index contributed by atoms with van der Waals surface area (Å²) in [5.41, 5.74) is 17.0. The molecule has 0 saturated carbocycles. The zero-order valence-electron chi connectivity index (χ0n) is 21.0. The van der Waals surface area contributed by atoms with Crippen molar-refractivity contribution in [2.45, 2.75) is 50.6 Å². The number of unbranched alkanes of at least 4 members (excludes halogenated alkanes) is 1. The molecule has 38 heavy (non-hydrogen) atoms. The summed E-state index contributed by atoms with van der Waals surface area (Å²) in [5.74, 6) is -4.75. The second kappa shape index (κ2) is 15.2. The van der Waals surface area contributed by atoms with E-state index < -0.39 is 59.7 Å². The number of halogens is 1. The van der Waals surface area contributed by atoms with Gasteiger partial charge in [0.15, 0.2) is 5.78 Å². The number of rotatable bonds is 16. The summed E-state index contributed by atoms with van der Waals surface area (Å²) in [5, 5.41) is 5.12. The van der Waals surface area contributed by atoms with Crippen LogP contribution >= 0.6 is 0 Å². The summed E-state index contributed by atoms with van der Waals surface area (Å²) in [6.45, 7) is 0.387. The van der Waals surface area contributed by atoms with Crippen molar-refractivity contribution in [1.82, 2.24) is 10.6 Å². The van der Waals surface area contributed by atoms with Gasteiger partial charge in [0, 0.05) is 17.9 Å². The molecule has 0 aromatic heterocycles. The Morgan fingerprint density at radius 3 is 2.05 bits per heavy atom. The number of nitrogens with two attached hydrogens (primary N) is 3. The van der Waals surface area contributed by atoms with Crippen molar-refractivity contribution >= 4 is 29.4 Å². The van der Waals surface area contributed by atoms with Crippen LogP contribution in [0, 0.1) is 11.7 Å². The number of amides is 4. The number of nitrogens with one attached hydrogen (secondary N) is 2. The average molecular weight is 528 g/mol. The topological polar surface area (TPSA) is 187 Å². The standard InChI is InChI=1S/C27H34FN5O5/c28-20-11-9-18(10-12-20)26(37)32-21(14-17-6-2-1-3-7-17)23(34)15-19(8-4-5-13-29)27(38)33-22(25(31)36)16-24(30)35/h1-3,6-7,9-12,19,21-22H,4-5,8,13-16,29H2,(H2,30,35)(H2,31,36)(H,32,37)(H,33,38)/t19-,21+,22+/m1/s1. The number of benzene rings is 2. The molecule has 2 rings (SSSR count). The zero-order valence-corrected chi connectivity index (χ0v) is 21.0. The van der Waals surface area contributed by atoms with Crippen LogP contribution in [0.3, 0.4) is 0 Å². The SMILES string of the molecule is NCCCC[C@H](CC(=O)[C@H](Cc1ccccc1)NC(=O)c1ccc(F)cc1)C(=O)N[C@@H](CC(N)=O)C(N)=O. The van der Waals surface area contributed by atoms with Crippen molar-refractivity contribution in [3.8, 4) is 0 Å². The van der Waals surface area contributed by atoms with Crippen LogP contribution in [-0.2, 0) is 25.6 Å². The fourth-order valence-corrected chi connectivity index (χ4v) is 3.90. The Labute approximate surface area is 220 Å². The number of carbonyl (C=O) groups is 5. The van der Waals surface area contributed by atoms with Gasteiger partial charge in [0.2, 0.25) is 17.7 Å². The van der Waals surface area contributed by atoms with E-state index in [1.807, 2.05) is 6.07 Å². The Balaban J connectivity index is 2.24. The first-order valence-electron chi connectivity index (χ1n) is 12.3. The van der Waals surface area contributed by atoms with Crippen LogP contribution in [-0.4, -0.2) is 48.0 Å². The first-order chi connectivity index (χ1) is 18.1. The number of carbonyl (C=O) groups excluding carboxylic acids is 5. The second-order valence-electron chi connectivity index (χ2n) is 9.01. The summed E-state index contributed by atoms with van der Waals surface area (Å²) >= 11 is 0. The van der Waals surface area contributed by atoms with Gasteiger partial charge in [0.25, 0.3) is 5.91 Å². The molecule has 0 radical (unpaired) electrons. The van der Waals surface area contributed by atoms with Crippen molar-refractivity contribution in [1.29, 1.82) is 0 Å². The van der Waals surface area contributed by atoms with Gasteiger partial charge in [0.05, 0.1) is 12.5 Å². The molecule has 11 heteroatoms. The summed E-state index contributed by atoms with van der Waals surface area (Å²) in [4.78, 5) is 62.4. The van der Waals surface area contributed by atoms with E-state index in [1.165, 1.54) is 12.1 Å². The summed E-state index contributed by atoms with van der Waals surface area (Å²) in [6.07, 6.45) is 0.849. The minimum Gasteiger partial charge on any atom is -0.370 e. The highest BCUT2D eigenvalue weighted by atomic mass is 19.1. The average Bonchev–Trinajstić information content (AvgIpc) is 2.87. The molecule has 3 atom stereocenters. The maximum absolute atomic E-state index is 13.5. The van der Waals surface area contributed by atoms with Gasteiger partial charge in [-0.2, -0.15) is 0 Å². The molecular formula is C27H34FN5O5. The monoisotopic (exact) mass is 527 g/mol. The molecule has 0 aliphatic heterocycles. The molecule has 0 unspecified atom stereocenters. The predicted molar refractivity (Wildman–Crippen MR) is 139 cm³/mol. The van der Waals surface area contributed by atoms with E-state index in [-0.39, 0.29) is 24.8 Å². The highest BCUT2D eigenvalue weighted by molar-refractivity contribution is 5.99. The van der Waals surface area contributed by atoms with E-state index in [2.05, 4.69) is 10.6 Å². The van der Waals surface area contributed by atoms with Crippen LogP contribution < -0.4 is 27.8 Å². The van der Waals surface area contributed by atoms with E-state index in [9.17, 15) is 28.4 Å². The molecule has 0 heterocycles. The molecule has 2 aromatic carbocycles. The second-order valence-corrected chi connectivity index (χ2v) is 9.01. The third-order valence-electron chi connectivity index (χ3n) is 5.97. The van der Waals surface area contributed by atoms with Crippen molar-refractivity contribution in [2.75, 3.05) is 6.54 Å². The van der Waals surface area contributed by atoms with Crippen molar-refractivity contribution in [3.05, 3.63) is 71.5 Å². The van der Waals surface area contributed by atoms with Crippen LogP contribution in [0.2, 0.25) is 0 Å². The zero-order chi connectivity index (χ0) is 28.1. The molecule has 0 fully saturated rings. The molecule has 0 bridgehead atoms. The van der Waals surface area contributed by atoms with E-state index in [1.54, 1.807) is 24.3 Å². The van der Waals surface area contributed by atoms with Crippen LogP contribution in [0.1, 0.15) is 48.0 Å². The van der Waals surface area contributed by atoms with E-state index in [0.29, 0.717) is 19.4 Å². The number of ketones is 1. The lowest BCUT2D eigenvalue weighted by Gasteiger charge is -2.23. The first kappa shape index (κ1) is 30.1. The Kier molecular flexibility index (Phi) is 12.0. The maximum Gasteiger partial charge on any atom is 0.251 e. The Morgan fingerprint density at radius 2 is 1.47 bits per heavy atom. The lowest BCUT2D eigenvalue weighted by atomic mass is 9.90. The van der Waals surface area contributed by atoms with Gasteiger partial charge in [-0.1, -0.05) is 36.8 Å². The van der Waals surface area contributed by atoms with Gasteiger partial charge in [0.1, 0.15) is 11.9 Å². The minimum absolute atomic E-state index is 0.162. The molecule has 4 amide bonds. The van der Waals surface area contributed by atoms with E-state index >= 15 is 0 Å².